The largest absolute Gasteiger partial charge is 0.379 e. The minimum Gasteiger partial charge on any atom is -0.379 e. The van der Waals surface area contributed by atoms with Crippen molar-refractivity contribution in [1.29, 1.82) is 0 Å². The number of fused-ring (bicyclic) bond motifs is 1. The second kappa shape index (κ2) is 5.56. The van der Waals surface area contributed by atoms with Gasteiger partial charge in [0.15, 0.2) is 0 Å². The molecule has 0 heterocycles. The topological polar surface area (TPSA) is 55.2 Å². The lowest BCUT2D eigenvalue weighted by Crippen LogP contribution is -2.07. The molecule has 1 aliphatic carbocycles. The number of benzene rings is 2. The van der Waals surface area contributed by atoms with E-state index in [0.29, 0.717) is 0 Å². The second-order valence-corrected chi connectivity index (χ2v) is 5.56. The van der Waals surface area contributed by atoms with E-state index in [4.69, 9.17) is 0 Å². The van der Waals surface area contributed by atoms with E-state index in [-0.39, 0.29) is 16.7 Å². The lowest BCUT2D eigenvalue weighted by Gasteiger charge is -2.16. The third-order valence-corrected chi connectivity index (χ3v) is 4.06. The summed E-state index contributed by atoms with van der Waals surface area (Å²) in [7, 11) is 0. The van der Waals surface area contributed by atoms with Crippen LogP contribution in [0.15, 0.2) is 42.5 Å². The average molecular weight is 282 g/mol. The molecule has 0 fully saturated rings. The van der Waals surface area contributed by atoms with Crippen LogP contribution in [0.4, 0.5) is 11.4 Å². The molecule has 0 saturated heterocycles. The number of hydrogen-bond acceptors (Lipinski definition) is 3. The number of hydrogen-bond donors (Lipinski definition) is 1. The predicted octanol–water partition coefficient (Wildman–Crippen LogP) is 4.26. The van der Waals surface area contributed by atoms with Crippen molar-refractivity contribution < 1.29 is 4.92 Å². The summed E-state index contributed by atoms with van der Waals surface area (Å²) in [5, 5.41) is 14.3. The first-order chi connectivity index (χ1) is 10.1. The highest BCUT2D eigenvalue weighted by atomic mass is 16.6. The minimum atomic E-state index is -0.356. The van der Waals surface area contributed by atoms with Crippen LogP contribution in [0.1, 0.15) is 36.1 Å². The van der Waals surface area contributed by atoms with Gasteiger partial charge in [-0.2, -0.15) is 0 Å². The molecule has 0 saturated carbocycles. The zero-order valence-corrected chi connectivity index (χ0v) is 12.0. The Balaban J connectivity index is 1.78. The lowest BCUT2D eigenvalue weighted by molar-refractivity contribution is -0.384. The highest BCUT2D eigenvalue weighted by Gasteiger charge is 2.13. The van der Waals surface area contributed by atoms with Gasteiger partial charge in [0.05, 0.1) is 4.92 Å². The van der Waals surface area contributed by atoms with E-state index in [1.165, 1.54) is 30.0 Å². The second-order valence-electron chi connectivity index (χ2n) is 5.56. The monoisotopic (exact) mass is 282 g/mol. The van der Waals surface area contributed by atoms with Crippen molar-refractivity contribution >= 4 is 11.4 Å². The van der Waals surface area contributed by atoms with E-state index in [1.807, 2.05) is 13.0 Å². The van der Waals surface area contributed by atoms with Gasteiger partial charge in [-0.25, -0.2) is 0 Å². The summed E-state index contributed by atoms with van der Waals surface area (Å²) in [6, 6.07) is 13.3. The summed E-state index contributed by atoms with van der Waals surface area (Å²) in [6.45, 7) is 2.02. The Labute approximate surface area is 124 Å². The van der Waals surface area contributed by atoms with Gasteiger partial charge >= 0.3 is 0 Å². The van der Waals surface area contributed by atoms with E-state index in [2.05, 4.69) is 23.5 Å². The number of aryl methyl sites for hydroxylation is 2. The van der Waals surface area contributed by atoms with Crippen LogP contribution >= 0.6 is 0 Å². The fraction of sp³-hybridized carbons (Fsp3) is 0.294. The molecule has 2 aromatic carbocycles. The molecular formula is C17H18N2O2. The number of nitrogens with zero attached hydrogens (tertiary/aromatic N) is 1. The van der Waals surface area contributed by atoms with Crippen LogP contribution in [0.2, 0.25) is 0 Å². The molecule has 21 heavy (non-hydrogen) atoms. The number of rotatable bonds is 4. The molecule has 4 nitrogen and oxygen atoms in total. The van der Waals surface area contributed by atoms with Gasteiger partial charge in [0, 0.05) is 23.9 Å². The van der Waals surface area contributed by atoms with Crippen molar-refractivity contribution in [3.63, 3.8) is 0 Å². The summed E-state index contributed by atoms with van der Waals surface area (Å²) >= 11 is 0. The molecule has 4 heteroatoms. The molecule has 3 rings (SSSR count). The van der Waals surface area contributed by atoms with Gasteiger partial charge in [-0.15, -0.1) is 0 Å². The van der Waals surface area contributed by atoms with Crippen molar-refractivity contribution in [2.45, 2.75) is 32.2 Å². The van der Waals surface area contributed by atoms with Crippen LogP contribution in [0.5, 0.6) is 0 Å². The van der Waals surface area contributed by atoms with E-state index >= 15 is 0 Å². The fourth-order valence-electron chi connectivity index (χ4n) is 2.90. The highest BCUT2D eigenvalue weighted by Crippen LogP contribution is 2.27. The van der Waals surface area contributed by atoms with Crippen LogP contribution in [0.3, 0.4) is 0 Å². The van der Waals surface area contributed by atoms with Crippen molar-refractivity contribution in [3.8, 4) is 0 Å². The van der Waals surface area contributed by atoms with Crippen LogP contribution in [0, 0.1) is 10.1 Å². The van der Waals surface area contributed by atoms with Crippen LogP contribution < -0.4 is 5.32 Å². The number of nitrogens with one attached hydrogen (secondary N) is 1. The maximum atomic E-state index is 10.8. The standard InChI is InChI=1S/C17H18N2O2/c1-12(14-5-3-7-17(11-14)19(20)21)18-16-9-8-13-4-2-6-15(13)10-16/h3,5,7-12,18H,2,4,6H2,1H3. The number of nitro benzene ring substituents is 1. The molecule has 1 aliphatic rings. The Morgan fingerprint density at radius 1 is 1.14 bits per heavy atom. The SMILES string of the molecule is CC(Nc1ccc2c(c1)CCC2)c1cccc([N+](=O)[O-])c1. The fourth-order valence-corrected chi connectivity index (χ4v) is 2.90. The molecule has 0 amide bonds. The molecular weight excluding hydrogens is 264 g/mol. The van der Waals surface area contributed by atoms with Crippen LogP contribution in [-0.2, 0) is 12.8 Å². The van der Waals surface area contributed by atoms with Gasteiger partial charge in [-0.3, -0.25) is 10.1 Å². The Morgan fingerprint density at radius 3 is 2.76 bits per heavy atom. The van der Waals surface area contributed by atoms with Gasteiger partial charge in [0.25, 0.3) is 5.69 Å². The van der Waals surface area contributed by atoms with Gasteiger partial charge in [-0.1, -0.05) is 18.2 Å². The molecule has 1 N–H and O–H groups in total. The molecule has 2 aromatic rings. The first-order valence-corrected chi connectivity index (χ1v) is 7.26. The molecule has 0 aromatic heterocycles. The number of non-ortho nitro benzene ring substituents is 1. The summed E-state index contributed by atoms with van der Waals surface area (Å²) in [5.74, 6) is 0. The summed E-state index contributed by atoms with van der Waals surface area (Å²) in [6.07, 6.45) is 3.56. The third-order valence-electron chi connectivity index (χ3n) is 4.06. The molecule has 0 spiro atoms. The molecule has 1 unspecified atom stereocenters. The van der Waals surface area contributed by atoms with Crippen LogP contribution in [0.25, 0.3) is 0 Å². The minimum absolute atomic E-state index is 0.0318. The molecule has 0 aliphatic heterocycles. The normalized spacial score (nSPS) is 14.5. The average Bonchev–Trinajstić information content (AvgIpc) is 2.95. The maximum absolute atomic E-state index is 10.8. The van der Waals surface area contributed by atoms with Crippen molar-refractivity contribution in [2.75, 3.05) is 5.32 Å². The number of nitro groups is 1. The summed E-state index contributed by atoms with van der Waals surface area (Å²) in [5.41, 5.74) is 5.00. The number of anilines is 1. The lowest BCUT2D eigenvalue weighted by atomic mass is 10.1. The smallest absolute Gasteiger partial charge is 0.269 e. The van der Waals surface area contributed by atoms with Gasteiger partial charge in [0.1, 0.15) is 0 Å². The highest BCUT2D eigenvalue weighted by molar-refractivity contribution is 5.52. The zero-order chi connectivity index (χ0) is 14.8. The van der Waals surface area contributed by atoms with Crippen molar-refractivity contribution in [2.24, 2.45) is 0 Å². The Kier molecular flexibility index (Phi) is 3.60. The van der Waals surface area contributed by atoms with Gasteiger partial charge in [-0.05, 0) is 55.0 Å². The van der Waals surface area contributed by atoms with E-state index < -0.39 is 0 Å². The van der Waals surface area contributed by atoms with Crippen molar-refractivity contribution in [3.05, 3.63) is 69.3 Å². The Bertz CT molecular complexity index is 682. The molecule has 0 radical (unpaired) electrons. The molecule has 1 atom stereocenters. The van der Waals surface area contributed by atoms with Crippen molar-refractivity contribution in [1.82, 2.24) is 0 Å². The van der Waals surface area contributed by atoms with E-state index in [9.17, 15) is 10.1 Å². The first kappa shape index (κ1) is 13.6. The van der Waals surface area contributed by atoms with E-state index in [1.54, 1.807) is 12.1 Å². The Morgan fingerprint density at radius 2 is 1.95 bits per heavy atom. The van der Waals surface area contributed by atoms with Gasteiger partial charge in [0.2, 0.25) is 0 Å². The Hall–Kier alpha value is -2.36. The first-order valence-electron chi connectivity index (χ1n) is 7.26. The zero-order valence-electron chi connectivity index (χ0n) is 12.0. The van der Waals surface area contributed by atoms with Crippen LogP contribution in [-0.4, -0.2) is 4.92 Å². The summed E-state index contributed by atoms with van der Waals surface area (Å²) in [4.78, 5) is 10.5. The molecule has 0 bridgehead atoms. The maximum Gasteiger partial charge on any atom is 0.269 e. The quantitative estimate of drug-likeness (QED) is 0.673. The molecule has 108 valence electrons. The predicted molar refractivity (Wildman–Crippen MR) is 83.6 cm³/mol. The van der Waals surface area contributed by atoms with E-state index in [0.717, 1.165) is 17.7 Å². The van der Waals surface area contributed by atoms with Gasteiger partial charge < -0.3 is 5.32 Å². The third kappa shape index (κ3) is 2.89. The summed E-state index contributed by atoms with van der Waals surface area (Å²) < 4.78 is 0.